The average Bonchev–Trinajstić information content (AvgIpc) is 3.37. The zero-order valence-corrected chi connectivity index (χ0v) is 20.7. The molecule has 1 atom stereocenters. The van der Waals surface area contributed by atoms with E-state index in [2.05, 4.69) is 20.2 Å². The molecule has 190 valence electrons. The van der Waals surface area contributed by atoms with Crippen molar-refractivity contribution in [3.8, 4) is 17.1 Å². The van der Waals surface area contributed by atoms with E-state index in [9.17, 15) is 4.79 Å². The first-order valence-corrected chi connectivity index (χ1v) is 12.3. The minimum absolute atomic E-state index is 0.0850. The van der Waals surface area contributed by atoms with Gasteiger partial charge >= 0.3 is 0 Å². The number of nitrogen functional groups attached to an aromatic ring is 1. The van der Waals surface area contributed by atoms with Crippen molar-refractivity contribution in [3.63, 3.8) is 0 Å². The van der Waals surface area contributed by atoms with Gasteiger partial charge in [0.05, 0.1) is 37.6 Å². The van der Waals surface area contributed by atoms with Crippen molar-refractivity contribution in [1.29, 1.82) is 0 Å². The van der Waals surface area contributed by atoms with Gasteiger partial charge in [0.15, 0.2) is 5.52 Å². The van der Waals surface area contributed by atoms with Crippen LogP contribution in [-0.4, -0.2) is 83.5 Å². The van der Waals surface area contributed by atoms with Crippen LogP contribution >= 0.6 is 0 Å². The number of ether oxygens (including phenoxy) is 3. The van der Waals surface area contributed by atoms with E-state index in [1.165, 1.54) is 0 Å². The molecular weight excluding hydrogens is 460 g/mol. The highest BCUT2D eigenvalue weighted by molar-refractivity contribution is 5.95. The molecule has 5 rings (SSSR count). The second-order valence-electron chi connectivity index (χ2n) is 9.86. The number of carbonyl (C=O) groups is 1. The molecule has 2 fully saturated rings. The van der Waals surface area contributed by atoms with E-state index in [1.54, 1.807) is 0 Å². The molecule has 2 aromatic heterocycles. The number of anilines is 1. The van der Waals surface area contributed by atoms with Crippen molar-refractivity contribution in [1.82, 2.24) is 25.2 Å². The maximum absolute atomic E-state index is 12.9. The molecule has 3 aromatic rings. The highest BCUT2D eigenvalue weighted by Crippen LogP contribution is 2.27. The number of nitrogens with one attached hydrogen (secondary N) is 1. The molecule has 0 aliphatic carbocycles. The van der Waals surface area contributed by atoms with Crippen LogP contribution in [0.2, 0.25) is 0 Å². The first kappa shape index (κ1) is 24.4. The van der Waals surface area contributed by atoms with Crippen LogP contribution in [-0.2, 0) is 9.47 Å². The van der Waals surface area contributed by atoms with E-state index in [0.717, 1.165) is 50.5 Å². The summed E-state index contributed by atoms with van der Waals surface area (Å²) in [5, 5.41) is 3.16. The van der Waals surface area contributed by atoms with Crippen LogP contribution in [0.4, 0.5) is 5.95 Å². The number of fused-ring (bicyclic) bond motifs is 1. The van der Waals surface area contributed by atoms with Gasteiger partial charge in [-0.3, -0.25) is 9.69 Å². The number of carbonyl (C=O) groups excluding carboxylic acids is 1. The zero-order chi connectivity index (χ0) is 25.1. The van der Waals surface area contributed by atoms with Gasteiger partial charge in [0.1, 0.15) is 6.10 Å². The highest BCUT2D eigenvalue weighted by atomic mass is 16.5. The number of nitrogens with two attached hydrogens (primary N) is 1. The predicted octanol–water partition coefficient (Wildman–Crippen LogP) is 2.28. The van der Waals surface area contributed by atoms with Gasteiger partial charge in [0.2, 0.25) is 11.8 Å². The Kier molecular flexibility index (Phi) is 6.99. The molecule has 10 heteroatoms. The fourth-order valence-corrected chi connectivity index (χ4v) is 4.54. The predicted molar refractivity (Wildman–Crippen MR) is 136 cm³/mol. The number of amides is 1. The molecule has 4 heterocycles. The first-order chi connectivity index (χ1) is 17.4. The number of morpholine rings is 1. The number of nitrogens with zero attached hydrogens (tertiary/aromatic N) is 4. The van der Waals surface area contributed by atoms with Gasteiger partial charge in [-0.05, 0) is 38.1 Å². The van der Waals surface area contributed by atoms with Crippen LogP contribution in [0.25, 0.3) is 22.3 Å². The van der Waals surface area contributed by atoms with Crippen LogP contribution in [0.1, 0.15) is 30.6 Å². The van der Waals surface area contributed by atoms with Crippen molar-refractivity contribution >= 4 is 22.9 Å². The third-order valence-corrected chi connectivity index (χ3v) is 6.31. The highest BCUT2D eigenvalue weighted by Gasteiger charge is 2.25. The summed E-state index contributed by atoms with van der Waals surface area (Å²) in [6.45, 7) is 9.25. The Morgan fingerprint density at radius 2 is 1.86 bits per heavy atom. The molecule has 1 unspecified atom stereocenters. The van der Waals surface area contributed by atoms with Crippen LogP contribution < -0.4 is 15.8 Å². The van der Waals surface area contributed by atoms with Crippen molar-refractivity contribution in [2.45, 2.75) is 31.9 Å². The fraction of sp³-hybridized carbons (Fsp3) is 0.462. The smallest absolute Gasteiger partial charge is 0.251 e. The van der Waals surface area contributed by atoms with Crippen molar-refractivity contribution < 1.29 is 19.0 Å². The minimum atomic E-state index is -0.365. The summed E-state index contributed by atoms with van der Waals surface area (Å²) in [5.41, 5.74) is 8.86. The number of hydrogen-bond acceptors (Lipinski definition) is 9. The topological polar surface area (TPSA) is 125 Å². The molecule has 2 saturated heterocycles. The van der Waals surface area contributed by atoms with Gasteiger partial charge in [-0.25, -0.2) is 9.97 Å². The van der Waals surface area contributed by atoms with Crippen LogP contribution in [0.5, 0.6) is 5.88 Å². The Morgan fingerprint density at radius 3 is 2.58 bits per heavy atom. The first-order valence-electron chi connectivity index (χ1n) is 12.3. The molecule has 36 heavy (non-hydrogen) atoms. The number of benzene rings is 1. The molecule has 10 nitrogen and oxygen atoms in total. The molecule has 1 amide bonds. The third kappa shape index (κ3) is 5.72. The van der Waals surface area contributed by atoms with Gasteiger partial charge in [0, 0.05) is 42.7 Å². The Labute approximate surface area is 210 Å². The van der Waals surface area contributed by atoms with E-state index in [0.29, 0.717) is 35.7 Å². The fourth-order valence-electron chi connectivity index (χ4n) is 4.54. The summed E-state index contributed by atoms with van der Waals surface area (Å²) in [6, 6.07) is 11.1. The summed E-state index contributed by atoms with van der Waals surface area (Å²) in [4.78, 5) is 28.6. The quantitative estimate of drug-likeness (QED) is 0.511. The summed E-state index contributed by atoms with van der Waals surface area (Å²) in [7, 11) is 0. The Balaban J connectivity index is 1.31. The lowest BCUT2D eigenvalue weighted by molar-refractivity contribution is 0.0269. The van der Waals surface area contributed by atoms with Crippen LogP contribution in [0, 0.1) is 0 Å². The largest absolute Gasteiger partial charge is 0.470 e. The van der Waals surface area contributed by atoms with Gasteiger partial charge < -0.3 is 25.3 Å². The molecular formula is C26H32N6O4. The van der Waals surface area contributed by atoms with Crippen molar-refractivity contribution in [2.75, 3.05) is 51.8 Å². The molecule has 0 radical (unpaired) electrons. The SMILES string of the molecule is CC(C)(CN1CCOCC1)NC(=O)c1ccc(-c2ccc3nc(N)nc(OC4CCOC4)c3n2)cc1. The summed E-state index contributed by atoms with van der Waals surface area (Å²) in [5.74, 6) is 0.385. The standard InChI is InChI=1S/C26H32N6O4/c1-26(2,16-32-10-13-34-14-11-32)31-23(33)18-5-3-17(4-6-18)20-7-8-21-22(28-20)24(30-25(27)29-21)36-19-9-12-35-15-19/h3-8,19H,9-16H2,1-2H3,(H,31,33)(H2,27,29,30). The molecule has 0 spiro atoms. The summed E-state index contributed by atoms with van der Waals surface area (Å²) >= 11 is 0. The molecule has 0 saturated carbocycles. The normalized spacial score (nSPS) is 18.9. The Bertz CT molecular complexity index is 1220. The van der Waals surface area contributed by atoms with E-state index in [-0.39, 0.29) is 23.5 Å². The lowest BCUT2D eigenvalue weighted by atomic mass is 10.0. The Hall–Kier alpha value is -3.34. The molecule has 2 aliphatic heterocycles. The number of rotatable bonds is 7. The minimum Gasteiger partial charge on any atom is -0.470 e. The lowest BCUT2D eigenvalue weighted by Gasteiger charge is -2.35. The summed E-state index contributed by atoms with van der Waals surface area (Å²) in [6.07, 6.45) is 0.705. The van der Waals surface area contributed by atoms with Gasteiger partial charge in [-0.15, -0.1) is 0 Å². The molecule has 3 N–H and O–H groups in total. The summed E-state index contributed by atoms with van der Waals surface area (Å²) < 4.78 is 16.9. The second kappa shape index (κ2) is 10.3. The van der Waals surface area contributed by atoms with E-state index in [4.69, 9.17) is 24.9 Å². The van der Waals surface area contributed by atoms with E-state index >= 15 is 0 Å². The molecule has 2 aliphatic rings. The van der Waals surface area contributed by atoms with E-state index in [1.807, 2.05) is 50.2 Å². The maximum atomic E-state index is 12.9. The van der Waals surface area contributed by atoms with E-state index < -0.39 is 0 Å². The van der Waals surface area contributed by atoms with Gasteiger partial charge in [-0.2, -0.15) is 4.98 Å². The van der Waals surface area contributed by atoms with Crippen molar-refractivity contribution in [2.24, 2.45) is 0 Å². The maximum Gasteiger partial charge on any atom is 0.251 e. The van der Waals surface area contributed by atoms with Crippen LogP contribution in [0.3, 0.4) is 0 Å². The Morgan fingerprint density at radius 1 is 1.08 bits per heavy atom. The average molecular weight is 493 g/mol. The molecule has 0 bridgehead atoms. The number of hydrogen-bond donors (Lipinski definition) is 2. The van der Waals surface area contributed by atoms with Crippen molar-refractivity contribution in [3.05, 3.63) is 42.0 Å². The lowest BCUT2D eigenvalue weighted by Crippen LogP contribution is -2.53. The van der Waals surface area contributed by atoms with Crippen LogP contribution in [0.15, 0.2) is 36.4 Å². The zero-order valence-electron chi connectivity index (χ0n) is 20.7. The monoisotopic (exact) mass is 492 g/mol. The number of pyridine rings is 1. The van der Waals surface area contributed by atoms with Gasteiger partial charge in [0.25, 0.3) is 5.91 Å². The second-order valence-corrected chi connectivity index (χ2v) is 9.86. The van der Waals surface area contributed by atoms with Gasteiger partial charge in [-0.1, -0.05) is 12.1 Å². The third-order valence-electron chi connectivity index (χ3n) is 6.31. The number of aromatic nitrogens is 3. The molecule has 1 aromatic carbocycles.